The number of likely N-dealkylation sites (tertiary alicyclic amines) is 1. The number of para-hydroxylation sites is 1. The van der Waals surface area contributed by atoms with Crippen LogP contribution in [-0.2, 0) is 25.8 Å². The van der Waals surface area contributed by atoms with Crippen LogP contribution in [0.25, 0.3) is 11.0 Å². The Kier molecular flexibility index (Phi) is 7.54. The second-order valence-corrected chi connectivity index (χ2v) is 11.4. The first-order chi connectivity index (χ1) is 19.2. The van der Waals surface area contributed by atoms with E-state index in [1.165, 1.54) is 4.90 Å². The van der Waals surface area contributed by atoms with Crippen LogP contribution in [0.3, 0.4) is 0 Å². The first kappa shape index (κ1) is 28.0. The summed E-state index contributed by atoms with van der Waals surface area (Å²) < 4.78 is 8.20. The van der Waals surface area contributed by atoms with Gasteiger partial charge in [0.25, 0.3) is 0 Å². The Morgan fingerprint density at radius 3 is 2.62 bits per heavy atom. The monoisotopic (exact) mass is 550 g/mol. The number of benzene rings is 1. The fourth-order valence-corrected chi connectivity index (χ4v) is 6.90. The molecular weight excluding hydrogens is 512 g/mol. The Hall–Kier alpha value is -3.57. The largest absolute Gasteiger partial charge is 0.394 e. The van der Waals surface area contributed by atoms with Crippen molar-refractivity contribution in [1.29, 1.82) is 0 Å². The molecular formula is C29H38N6O5. The van der Waals surface area contributed by atoms with Crippen molar-refractivity contribution in [1.82, 2.24) is 29.7 Å². The van der Waals surface area contributed by atoms with E-state index in [2.05, 4.69) is 23.5 Å². The van der Waals surface area contributed by atoms with E-state index in [9.17, 15) is 19.5 Å². The van der Waals surface area contributed by atoms with E-state index >= 15 is 0 Å². The highest BCUT2D eigenvalue weighted by Crippen LogP contribution is 2.59. The molecule has 1 aromatic carbocycles. The summed E-state index contributed by atoms with van der Waals surface area (Å²) in [7, 11) is 1.68. The molecule has 3 aliphatic rings. The van der Waals surface area contributed by atoms with Gasteiger partial charge in [-0.1, -0.05) is 43.3 Å². The van der Waals surface area contributed by atoms with Crippen molar-refractivity contribution in [3.8, 4) is 0 Å². The number of aliphatic hydroxyl groups excluding tert-OH is 1. The summed E-state index contributed by atoms with van der Waals surface area (Å²) in [6, 6.07) is 5.84. The molecule has 5 rings (SSSR count). The van der Waals surface area contributed by atoms with E-state index in [-0.39, 0.29) is 43.5 Å². The van der Waals surface area contributed by atoms with Gasteiger partial charge in [-0.25, -0.2) is 4.68 Å². The minimum atomic E-state index is -1.17. The molecule has 3 saturated heterocycles. The van der Waals surface area contributed by atoms with Gasteiger partial charge in [0.05, 0.1) is 36.1 Å². The van der Waals surface area contributed by atoms with E-state index in [1.807, 2.05) is 38.1 Å². The third-order valence-electron chi connectivity index (χ3n) is 8.74. The number of rotatable bonds is 11. The first-order valence-electron chi connectivity index (χ1n) is 13.8. The van der Waals surface area contributed by atoms with Gasteiger partial charge in [0, 0.05) is 20.1 Å². The van der Waals surface area contributed by atoms with Crippen LogP contribution in [0.1, 0.15) is 26.7 Å². The van der Waals surface area contributed by atoms with Gasteiger partial charge in [0.1, 0.15) is 23.8 Å². The van der Waals surface area contributed by atoms with E-state index in [1.54, 1.807) is 33.7 Å². The van der Waals surface area contributed by atoms with Crippen LogP contribution >= 0.6 is 0 Å². The van der Waals surface area contributed by atoms with Crippen molar-refractivity contribution in [2.45, 2.75) is 57.1 Å². The lowest BCUT2D eigenvalue weighted by atomic mass is 9.70. The number of carbonyl (C=O) groups is 3. The standard InChI is InChI=1S/C29H38N6O5/c1-6-14-32(5)26(37)23-22-12-13-29(40-22)24(23)27(38)35(21(16-36)18(3)4)25(29)28(39)33(15-7-2)17-34-20-11-9-8-10-19(20)30-31-34/h6-11,18,21-25,36H,1-2,12-17H2,3-5H3/t21-,22-,23+,24-,25?,29?/m0/s1. The van der Waals surface area contributed by atoms with Crippen molar-refractivity contribution in [3.63, 3.8) is 0 Å². The SMILES string of the molecule is C=CCN(C)C(=O)[C@@H]1[C@@H]2CCC3(O2)C(C(=O)N(CC=C)Cn2nnc4ccccc42)N([C@@H](CO)C(C)C)C(=O)[C@H]13. The Bertz CT molecular complexity index is 1320. The number of carbonyl (C=O) groups excluding carboxylic acids is 3. The lowest BCUT2D eigenvalue weighted by Crippen LogP contribution is -2.59. The fraction of sp³-hybridized carbons (Fsp3) is 0.552. The molecule has 6 atom stereocenters. The second kappa shape index (κ2) is 10.8. The van der Waals surface area contributed by atoms with Crippen LogP contribution in [0.2, 0.25) is 0 Å². The van der Waals surface area contributed by atoms with Crippen molar-refractivity contribution < 1.29 is 24.2 Å². The third-order valence-corrected chi connectivity index (χ3v) is 8.74. The molecule has 0 aliphatic carbocycles. The zero-order chi connectivity index (χ0) is 28.8. The predicted octanol–water partition coefficient (Wildman–Crippen LogP) is 1.44. The van der Waals surface area contributed by atoms with Crippen LogP contribution in [0.5, 0.6) is 0 Å². The molecule has 1 aromatic heterocycles. The molecule has 1 N–H and O–H groups in total. The van der Waals surface area contributed by atoms with Gasteiger partial charge < -0.3 is 24.5 Å². The summed E-state index contributed by atoms with van der Waals surface area (Å²) in [5.74, 6) is -2.50. The Morgan fingerprint density at radius 1 is 1.23 bits per heavy atom. The summed E-state index contributed by atoms with van der Waals surface area (Å²) in [6.45, 7) is 11.7. The number of hydrogen-bond donors (Lipinski definition) is 1. The number of aliphatic hydroxyl groups is 1. The van der Waals surface area contributed by atoms with Crippen molar-refractivity contribution >= 4 is 28.8 Å². The Morgan fingerprint density at radius 2 is 1.95 bits per heavy atom. The van der Waals surface area contributed by atoms with Crippen LogP contribution in [-0.4, -0.2) is 103 Å². The molecule has 11 heteroatoms. The topological polar surface area (TPSA) is 121 Å². The minimum Gasteiger partial charge on any atom is -0.394 e. The van der Waals surface area contributed by atoms with E-state index < -0.39 is 35.6 Å². The van der Waals surface area contributed by atoms with Crippen molar-refractivity contribution in [2.75, 3.05) is 26.7 Å². The molecule has 1 spiro atoms. The highest BCUT2D eigenvalue weighted by Gasteiger charge is 2.75. The molecule has 0 radical (unpaired) electrons. The van der Waals surface area contributed by atoms with Gasteiger partial charge >= 0.3 is 0 Å². The molecule has 4 heterocycles. The average Bonchev–Trinajstić information content (AvgIpc) is 3.68. The van der Waals surface area contributed by atoms with Gasteiger partial charge in [-0.2, -0.15) is 0 Å². The number of likely N-dealkylation sites (N-methyl/N-ethyl adjacent to an activating group) is 1. The maximum absolute atomic E-state index is 14.6. The molecule has 0 saturated carbocycles. The molecule has 214 valence electrons. The molecule has 3 amide bonds. The van der Waals surface area contributed by atoms with Crippen molar-refractivity contribution in [2.24, 2.45) is 17.8 Å². The number of aromatic nitrogens is 3. The summed E-state index contributed by atoms with van der Waals surface area (Å²) in [4.78, 5) is 47.1. The first-order valence-corrected chi connectivity index (χ1v) is 13.8. The maximum atomic E-state index is 14.6. The Labute approximate surface area is 234 Å². The number of ether oxygens (including phenoxy) is 1. The van der Waals surface area contributed by atoms with Crippen molar-refractivity contribution in [3.05, 3.63) is 49.6 Å². The highest BCUT2D eigenvalue weighted by atomic mass is 16.5. The molecule has 2 aromatic rings. The van der Waals surface area contributed by atoms with Gasteiger partial charge in [-0.15, -0.1) is 18.3 Å². The molecule has 3 aliphatic heterocycles. The number of fused-ring (bicyclic) bond motifs is 2. The minimum absolute atomic E-state index is 0.0873. The summed E-state index contributed by atoms with van der Waals surface area (Å²) >= 11 is 0. The molecule has 11 nitrogen and oxygen atoms in total. The highest BCUT2D eigenvalue weighted by molar-refractivity contribution is 5.99. The van der Waals surface area contributed by atoms with Gasteiger partial charge in [-0.05, 0) is 30.9 Å². The normalized spacial score (nSPS) is 27.7. The Balaban J connectivity index is 1.56. The summed E-state index contributed by atoms with van der Waals surface area (Å²) in [5.41, 5.74) is 0.303. The fourth-order valence-electron chi connectivity index (χ4n) is 6.90. The lowest BCUT2D eigenvalue weighted by molar-refractivity contribution is -0.153. The number of amides is 3. The maximum Gasteiger partial charge on any atom is 0.250 e. The lowest BCUT2D eigenvalue weighted by Gasteiger charge is -2.40. The zero-order valence-electron chi connectivity index (χ0n) is 23.3. The summed E-state index contributed by atoms with van der Waals surface area (Å²) in [6.07, 6.45) is 3.85. The molecule has 2 bridgehead atoms. The van der Waals surface area contributed by atoms with Crippen LogP contribution in [0.15, 0.2) is 49.6 Å². The molecule has 40 heavy (non-hydrogen) atoms. The number of nitrogens with zero attached hydrogens (tertiary/aromatic N) is 6. The van der Waals surface area contributed by atoms with E-state index in [0.717, 1.165) is 5.52 Å². The van der Waals surface area contributed by atoms with Crippen LogP contribution < -0.4 is 0 Å². The predicted molar refractivity (Wildman–Crippen MR) is 147 cm³/mol. The van der Waals surface area contributed by atoms with Gasteiger partial charge in [-0.3, -0.25) is 14.4 Å². The zero-order valence-corrected chi connectivity index (χ0v) is 23.3. The van der Waals surface area contributed by atoms with Gasteiger partial charge in [0.15, 0.2) is 0 Å². The summed E-state index contributed by atoms with van der Waals surface area (Å²) in [5, 5.41) is 18.9. The van der Waals surface area contributed by atoms with E-state index in [0.29, 0.717) is 24.9 Å². The average molecular weight is 551 g/mol. The van der Waals surface area contributed by atoms with Crippen LogP contribution in [0.4, 0.5) is 0 Å². The quantitative estimate of drug-likeness (QED) is 0.420. The third kappa shape index (κ3) is 4.23. The van der Waals surface area contributed by atoms with Gasteiger partial charge in [0.2, 0.25) is 17.7 Å². The number of hydrogen-bond acceptors (Lipinski definition) is 7. The molecule has 3 fully saturated rings. The van der Waals surface area contributed by atoms with E-state index in [4.69, 9.17) is 4.74 Å². The second-order valence-electron chi connectivity index (χ2n) is 11.4. The van der Waals surface area contributed by atoms with Crippen LogP contribution in [0, 0.1) is 17.8 Å². The molecule has 2 unspecified atom stereocenters. The smallest absolute Gasteiger partial charge is 0.250 e.